The summed E-state index contributed by atoms with van der Waals surface area (Å²) in [5.41, 5.74) is 1.07. The smallest absolute Gasteiger partial charge is 0.407 e. The third-order valence-electron chi connectivity index (χ3n) is 3.66. The van der Waals surface area contributed by atoms with Crippen molar-refractivity contribution in [2.24, 2.45) is 0 Å². The Bertz CT molecular complexity index is 445. The SMILES string of the molecule is O=C(O)N1CCC(OC[C@@H](O)COCc2ccccc2)CC1. The number of likely N-dealkylation sites (tertiary alicyclic amines) is 1. The molecule has 6 heteroatoms. The fourth-order valence-corrected chi connectivity index (χ4v) is 2.40. The lowest BCUT2D eigenvalue weighted by molar-refractivity contribution is -0.0601. The van der Waals surface area contributed by atoms with Gasteiger partial charge in [-0.1, -0.05) is 30.3 Å². The van der Waals surface area contributed by atoms with Crippen molar-refractivity contribution < 1.29 is 24.5 Å². The summed E-state index contributed by atoms with van der Waals surface area (Å²) in [6.45, 7) is 1.88. The third kappa shape index (κ3) is 5.63. The molecule has 0 unspecified atom stereocenters. The number of amides is 1. The molecule has 1 fully saturated rings. The van der Waals surface area contributed by atoms with E-state index in [2.05, 4.69) is 0 Å². The lowest BCUT2D eigenvalue weighted by atomic mass is 10.1. The molecule has 2 rings (SSSR count). The highest BCUT2D eigenvalue weighted by Gasteiger charge is 2.23. The summed E-state index contributed by atoms with van der Waals surface area (Å²) >= 11 is 0. The number of hydrogen-bond donors (Lipinski definition) is 2. The van der Waals surface area contributed by atoms with E-state index >= 15 is 0 Å². The normalized spacial score (nSPS) is 17.4. The van der Waals surface area contributed by atoms with Crippen LogP contribution in [-0.2, 0) is 16.1 Å². The highest BCUT2D eigenvalue weighted by molar-refractivity contribution is 5.64. The molecule has 0 radical (unpaired) electrons. The van der Waals surface area contributed by atoms with E-state index in [0.29, 0.717) is 32.5 Å². The molecule has 0 aromatic heterocycles. The van der Waals surface area contributed by atoms with E-state index in [9.17, 15) is 9.90 Å². The maximum absolute atomic E-state index is 10.8. The number of aliphatic hydroxyl groups is 1. The minimum Gasteiger partial charge on any atom is -0.465 e. The van der Waals surface area contributed by atoms with E-state index < -0.39 is 12.2 Å². The maximum atomic E-state index is 10.8. The van der Waals surface area contributed by atoms with E-state index in [1.54, 1.807) is 0 Å². The van der Waals surface area contributed by atoms with Crippen LogP contribution in [0.5, 0.6) is 0 Å². The molecule has 1 aromatic rings. The summed E-state index contributed by atoms with van der Waals surface area (Å²) in [5, 5.41) is 18.7. The summed E-state index contributed by atoms with van der Waals surface area (Å²) in [4.78, 5) is 12.2. The van der Waals surface area contributed by atoms with Crippen LogP contribution in [0.4, 0.5) is 4.79 Å². The number of hydrogen-bond acceptors (Lipinski definition) is 4. The van der Waals surface area contributed by atoms with Gasteiger partial charge in [0.15, 0.2) is 0 Å². The zero-order valence-electron chi connectivity index (χ0n) is 12.6. The minimum atomic E-state index is -0.882. The molecular formula is C16H23NO5. The van der Waals surface area contributed by atoms with Crippen molar-refractivity contribution in [2.75, 3.05) is 26.3 Å². The molecule has 0 spiro atoms. The van der Waals surface area contributed by atoms with Gasteiger partial charge in [-0.05, 0) is 18.4 Å². The van der Waals surface area contributed by atoms with Crippen LogP contribution >= 0.6 is 0 Å². The average Bonchev–Trinajstić information content (AvgIpc) is 2.54. The maximum Gasteiger partial charge on any atom is 0.407 e. The number of carbonyl (C=O) groups is 1. The van der Waals surface area contributed by atoms with Gasteiger partial charge in [-0.3, -0.25) is 0 Å². The average molecular weight is 309 g/mol. The van der Waals surface area contributed by atoms with Gasteiger partial charge in [0, 0.05) is 13.1 Å². The topological polar surface area (TPSA) is 79.2 Å². The van der Waals surface area contributed by atoms with Crippen molar-refractivity contribution in [3.8, 4) is 0 Å². The fourth-order valence-electron chi connectivity index (χ4n) is 2.40. The first kappa shape index (κ1) is 16.7. The Hall–Kier alpha value is -1.63. The Kier molecular flexibility index (Phi) is 6.64. The van der Waals surface area contributed by atoms with Crippen molar-refractivity contribution in [3.63, 3.8) is 0 Å². The quantitative estimate of drug-likeness (QED) is 0.802. The number of rotatable bonds is 7. The van der Waals surface area contributed by atoms with E-state index in [-0.39, 0.29) is 19.3 Å². The Morgan fingerprint density at radius 2 is 1.91 bits per heavy atom. The highest BCUT2D eigenvalue weighted by Crippen LogP contribution is 2.14. The summed E-state index contributed by atoms with van der Waals surface area (Å²) in [6.07, 6.45) is -0.193. The first-order valence-corrected chi connectivity index (χ1v) is 7.54. The lowest BCUT2D eigenvalue weighted by Gasteiger charge is -2.30. The van der Waals surface area contributed by atoms with Gasteiger partial charge in [-0.15, -0.1) is 0 Å². The summed E-state index contributed by atoms with van der Waals surface area (Å²) in [6, 6.07) is 9.78. The second-order valence-electron chi connectivity index (χ2n) is 5.46. The number of nitrogens with zero attached hydrogens (tertiary/aromatic N) is 1. The number of benzene rings is 1. The van der Waals surface area contributed by atoms with Crippen LogP contribution < -0.4 is 0 Å². The predicted octanol–water partition coefficient (Wildman–Crippen LogP) is 1.72. The van der Waals surface area contributed by atoms with Gasteiger partial charge in [0.1, 0.15) is 6.10 Å². The molecule has 1 heterocycles. The van der Waals surface area contributed by atoms with E-state index in [4.69, 9.17) is 14.6 Å². The van der Waals surface area contributed by atoms with Gasteiger partial charge in [0.25, 0.3) is 0 Å². The monoisotopic (exact) mass is 309 g/mol. The Morgan fingerprint density at radius 1 is 1.23 bits per heavy atom. The number of piperidine rings is 1. The number of carboxylic acid groups (broad SMARTS) is 1. The van der Waals surface area contributed by atoms with Gasteiger partial charge in [-0.2, -0.15) is 0 Å². The second-order valence-corrected chi connectivity index (χ2v) is 5.46. The molecule has 1 aliphatic heterocycles. The van der Waals surface area contributed by atoms with Crippen molar-refractivity contribution in [1.82, 2.24) is 4.90 Å². The molecule has 1 aromatic carbocycles. The summed E-state index contributed by atoms with van der Waals surface area (Å²) in [7, 11) is 0. The van der Waals surface area contributed by atoms with Crippen LogP contribution in [-0.4, -0.2) is 59.7 Å². The molecular weight excluding hydrogens is 286 g/mol. The zero-order valence-corrected chi connectivity index (χ0v) is 12.6. The van der Waals surface area contributed by atoms with Gasteiger partial charge in [-0.25, -0.2) is 4.79 Å². The molecule has 1 saturated heterocycles. The van der Waals surface area contributed by atoms with Crippen molar-refractivity contribution in [1.29, 1.82) is 0 Å². The minimum absolute atomic E-state index is 0.0133. The highest BCUT2D eigenvalue weighted by atomic mass is 16.5. The summed E-state index contributed by atoms with van der Waals surface area (Å²) in [5.74, 6) is 0. The lowest BCUT2D eigenvalue weighted by Crippen LogP contribution is -2.40. The molecule has 0 bridgehead atoms. The molecule has 122 valence electrons. The number of aliphatic hydroxyl groups excluding tert-OH is 1. The van der Waals surface area contributed by atoms with Crippen molar-refractivity contribution in [2.45, 2.75) is 31.7 Å². The van der Waals surface area contributed by atoms with Crippen LogP contribution in [0.25, 0.3) is 0 Å². The van der Waals surface area contributed by atoms with Crippen LogP contribution in [0.3, 0.4) is 0 Å². The first-order valence-electron chi connectivity index (χ1n) is 7.54. The molecule has 1 aliphatic rings. The van der Waals surface area contributed by atoms with Crippen LogP contribution in [0, 0.1) is 0 Å². The zero-order chi connectivity index (χ0) is 15.8. The fraction of sp³-hybridized carbons (Fsp3) is 0.562. The van der Waals surface area contributed by atoms with E-state index in [0.717, 1.165) is 5.56 Å². The van der Waals surface area contributed by atoms with Crippen LogP contribution in [0.1, 0.15) is 18.4 Å². The molecule has 2 N–H and O–H groups in total. The molecule has 6 nitrogen and oxygen atoms in total. The summed E-state index contributed by atoms with van der Waals surface area (Å²) < 4.78 is 11.1. The van der Waals surface area contributed by atoms with Gasteiger partial charge >= 0.3 is 6.09 Å². The van der Waals surface area contributed by atoms with Crippen molar-refractivity contribution in [3.05, 3.63) is 35.9 Å². The van der Waals surface area contributed by atoms with Crippen LogP contribution in [0.15, 0.2) is 30.3 Å². The Morgan fingerprint density at radius 3 is 2.55 bits per heavy atom. The Balaban J connectivity index is 1.56. The molecule has 0 saturated carbocycles. The largest absolute Gasteiger partial charge is 0.465 e. The number of ether oxygens (including phenoxy) is 2. The first-order chi connectivity index (χ1) is 10.6. The molecule has 1 atom stereocenters. The molecule has 1 amide bonds. The predicted molar refractivity (Wildman–Crippen MR) is 80.7 cm³/mol. The standard InChI is InChI=1S/C16H23NO5/c18-14(11-21-10-13-4-2-1-3-5-13)12-22-15-6-8-17(9-7-15)16(19)20/h1-5,14-15,18H,6-12H2,(H,19,20)/t14-/m0/s1. The van der Waals surface area contributed by atoms with E-state index in [1.807, 2.05) is 30.3 Å². The van der Waals surface area contributed by atoms with Gasteiger partial charge < -0.3 is 24.6 Å². The third-order valence-corrected chi connectivity index (χ3v) is 3.66. The van der Waals surface area contributed by atoms with E-state index in [1.165, 1.54) is 4.90 Å². The van der Waals surface area contributed by atoms with Gasteiger partial charge in [0.05, 0.1) is 25.9 Å². The van der Waals surface area contributed by atoms with Crippen molar-refractivity contribution >= 4 is 6.09 Å². The van der Waals surface area contributed by atoms with Gasteiger partial charge in [0.2, 0.25) is 0 Å². The molecule has 22 heavy (non-hydrogen) atoms. The molecule has 0 aliphatic carbocycles. The van der Waals surface area contributed by atoms with Crippen LogP contribution in [0.2, 0.25) is 0 Å². The Labute approximate surface area is 130 Å². The second kappa shape index (κ2) is 8.73.